The maximum absolute atomic E-state index is 12.2. The molecule has 1 aromatic carbocycles. The average Bonchev–Trinajstić information content (AvgIpc) is 2.36. The van der Waals surface area contributed by atoms with Gasteiger partial charge in [-0.05, 0) is 24.6 Å². The van der Waals surface area contributed by atoms with E-state index < -0.39 is 16.1 Å². The van der Waals surface area contributed by atoms with Gasteiger partial charge in [0.25, 0.3) is 0 Å². The van der Waals surface area contributed by atoms with Crippen LogP contribution in [-0.2, 0) is 10.0 Å². The molecule has 1 unspecified atom stereocenters. The quantitative estimate of drug-likeness (QED) is 0.319. The third-order valence-electron chi connectivity index (χ3n) is 2.49. The van der Waals surface area contributed by atoms with E-state index in [2.05, 4.69) is 9.88 Å². The van der Waals surface area contributed by atoms with Crippen LogP contribution >= 0.6 is 23.2 Å². The SMILES string of the molecule is CCCC(NS(=O)(=O)c1cc(Cl)cc(Cl)c1)/C(N)=N/O. The lowest BCUT2D eigenvalue weighted by Gasteiger charge is -2.17. The molecule has 1 atom stereocenters. The average molecular weight is 340 g/mol. The minimum atomic E-state index is -3.87. The second-order valence-electron chi connectivity index (χ2n) is 4.09. The summed E-state index contributed by atoms with van der Waals surface area (Å²) in [4.78, 5) is -0.0816. The molecule has 9 heteroatoms. The minimum Gasteiger partial charge on any atom is -0.409 e. The molecular weight excluding hydrogens is 325 g/mol. The zero-order chi connectivity index (χ0) is 15.3. The van der Waals surface area contributed by atoms with Crippen LogP contribution in [0.2, 0.25) is 10.0 Å². The van der Waals surface area contributed by atoms with E-state index in [1.54, 1.807) is 0 Å². The highest BCUT2D eigenvalue weighted by Crippen LogP contribution is 2.22. The molecule has 0 spiro atoms. The number of nitrogens with two attached hydrogens (primary N) is 1. The molecular formula is C11H15Cl2N3O3S. The van der Waals surface area contributed by atoms with E-state index >= 15 is 0 Å². The summed E-state index contributed by atoms with van der Waals surface area (Å²) in [5, 5.41) is 11.9. The molecule has 0 aliphatic carbocycles. The summed E-state index contributed by atoms with van der Waals surface area (Å²) in [5.41, 5.74) is 5.47. The van der Waals surface area contributed by atoms with E-state index in [1.165, 1.54) is 18.2 Å². The van der Waals surface area contributed by atoms with E-state index in [0.29, 0.717) is 12.8 Å². The molecule has 0 aliphatic heterocycles. The molecule has 6 nitrogen and oxygen atoms in total. The van der Waals surface area contributed by atoms with Gasteiger partial charge in [0.1, 0.15) is 0 Å². The maximum atomic E-state index is 12.2. The van der Waals surface area contributed by atoms with E-state index in [-0.39, 0.29) is 20.8 Å². The van der Waals surface area contributed by atoms with Crippen LogP contribution in [0.5, 0.6) is 0 Å². The van der Waals surface area contributed by atoms with Gasteiger partial charge >= 0.3 is 0 Å². The standard InChI is InChI=1S/C11H15Cl2N3O3S/c1-2-3-10(11(14)15-17)16-20(18,19)9-5-7(12)4-8(13)6-9/h4-6,10,16-17H,2-3H2,1H3,(H2,14,15). The van der Waals surface area contributed by atoms with Crippen molar-refractivity contribution in [3.05, 3.63) is 28.2 Å². The fraction of sp³-hybridized carbons (Fsp3) is 0.364. The number of hydrogen-bond donors (Lipinski definition) is 3. The Morgan fingerprint density at radius 3 is 2.40 bits per heavy atom. The molecule has 112 valence electrons. The number of nitrogens with zero attached hydrogens (tertiary/aromatic N) is 1. The topological polar surface area (TPSA) is 105 Å². The lowest BCUT2D eigenvalue weighted by atomic mass is 10.2. The highest BCUT2D eigenvalue weighted by Gasteiger charge is 2.23. The molecule has 4 N–H and O–H groups in total. The zero-order valence-corrected chi connectivity index (χ0v) is 13.0. The number of benzene rings is 1. The molecule has 0 fully saturated rings. The predicted molar refractivity (Wildman–Crippen MR) is 78.9 cm³/mol. The summed E-state index contributed by atoms with van der Waals surface area (Å²) in [6.07, 6.45) is 1.04. The molecule has 0 radical (unpaired) electrons. The Hall–Kier alpha value is -1.02. The van der Waals surface area contributed by atoms with Crippen LogP contribution in [-0.4, -0.2) is 25.5 Å². The summed E-state index contributed by atoms with van der Waals surface area (Å²) in [6, 6.07) is 3.17. The van der Waals surface area contributed by atoms with Gasteiger partial charge < -0.3 is 10.9 Å². The van der Waals surface area contributed by atoms with Crippen molar-refractivity contribution < 1.29 is 13.6 Å². The second-order valence-corrected chi connectivity index (χ2v) is 6.68. The summed E-state index contributed by atoms with van der Waals surface area (Å²) < 4.78 is 26.8. The number of rotatable bonds is 6. The summed E-state index contributed by atoms with van der Waals surface area (Å²) in [6.45, 7) is 1.85. The molecule has 0 saturated carbocycles. The van der Waals surface area contributed by atoms with Gasteiger partial charge in [0, 0.05) is 10.0 Å². The Balaban J connectivity index is 3.09. The molecule has 0 bridgehead atoms. The molecule has 20 heavy (non-hydrogen) atoms. The number of hydrogen-bond acceptors (Lipinski definition) is 4. The Morgan fingerprint density at radius 2 is 1.95 bits per heavy atom. The van der Waals surface area contributed by atoms with Crippen molar-refractivity contribution in [1.29, 1.82) is 0 Å². The number of sulfonamides is 1. The minimum absolute atomic E-state index is 0.0816. The third-order valence-corrected chi connectivity index (χ3v) is 4.38. The lowest BCUT2D eigenvalue weighted by Crippen LogP contribution is -2.44. The van der Waals surface area contributed by atoms with Gasteiger partial charge in [-0.2, -0.15) is 0 Å². The second kappa shape index (κ2) is 7.12. The Kier molecular flexibility index (Phi) is 6.07. The zero-order valence-electron chi connectivity index (χ0n) is 10.7. The first-order chi connectivity index (χ1) is 9.30. The summed E-state index contributed by atoms with van der Waals surface area (Å²) in [5.74, 6) is -0.205. The Bertz CT molecular complexity index is 585. The summed E-state index contributed by atoms with van der Waals surface area (Å²) >= 11 is 11.6. The molecule has 1 rings (SSSR count). The van der Waals surface area contributed by atoms with Gasteiger partial charge in [-0.1, -0.05) is 41.7 Å². The van der Waals surface area contributed by atoms with Gasteiger partial charge in [0.15, 0.2) is 5.84 Å². The largest absolute Gasteiger partial charge is 0.409 e. The van der Waals surface area contributed by atoms with Crippen molar-refractivity contribution in [2.45, 2.75) is 30.7 Å². The van der Waals surface area contributed by atoms with Crippen LogP contribution in [0, 0.1) is 0 Å². The first-order valence-corrected chi connectivity index (χ1v) is 8.00. The number of oxime groups is 1. The Morgan fingerprint density at radius 1 is 1.40 bits per heavy atom. The number of nitrogens with one attached hydrogen (secondary N) is 1. The van der Waals surface area contributed by atoms with Crippen molar-refractivity contribution in [2.75, 3.05) is 0 Å². The molecule has 0 aliphatic rings. The van der Waals surface area contributed by atoms with Crippen LogP contribution in [0.3, 0.4) is 0 Å². The summed E-state index contributed by atoms with van der Waals surface area (Å²) in [7, 11) is -3.87. The van der Waals surface area contributed by atoms with E-state index in [1.807, 2.05) is 6.92 Å². The Labute approximate surface area is 127 Å². The molecule has 0 aromatic heterocycles. The highest BCUT2D eigenvalue weighted by atomic mass is 35.5. The fourth-order valence-corrected chi connectivity index (χ4v) is 3.53. The van der Waals surface area contributed by atoms with Crippen LogP contribution in [0.15, 0.2) is 28.3 Å². The van der Waals surface area contributed by atoms with Crippen molar-refractivity contribution in [2.24, 2.45) is 10.9 Å². The molecule has 0 saturated heterocycles. The predicted octanol–water partition coefficient (Wildman–Crippen LogP) is 2.19. The molecule has 1 aromatic rings. The van der Waals surface area contributed by atoms with Crippen LogP contribution in [0.4, 0.5) is 0 Å². The smallest absolute Gasteiger partial charge is 0.241 e. The maximum Gasteiger partial charge on any atom is 0.241 e. The monoisotopic (exact) mass is 339 g/mol. The van der Waals surface area contributed by atoms with E-state index in [0.717, 1.165) is 0 Å². The highest BCUT2D eigenvalue weighted by molar-refractivity contribution is 7.89. The van der Waals surface area contributed by atoms with Crippen LogP contribution in [0.25, 0.3) is 0 Å². The van der Waals surface area contributed by atoms with Crippen molar-refractivity contribution >= 4 is 39.1 Å². The van der Waals surface area contributed by atoms with E-state index in [4.69, 9.17) is 34.1 Å². The van der Waals surface area contributed by atoms with Gasteiger partial charge in [0.05, 0.1) is 10.9 Å². The molecule has 0 amide bonds. The normalized spacial score (nSPS) is 14.2. The number of amidine groups is 1. The first kappa shape index (κ1) is 17.0. The van der Waals surface area contributed by atoms with Gasteiger partial charge in [0.2, 0.25) is 10.0 Å². The number of halogens is 2. The molecule has 0 heterocycles. The first-order valence-electron chi connectivity index (χ1n) is 5.76. The van der Waals surface area contributed by atoms with Crippen molar-refractivity contribution in [3.8, 4) is 0 Å². The van der Waals surface area contributed by atoms with E-state index in [9.17, 15) is 8.42 Å². The van der Waals surface area contributed by atoms with Crippen molar-refractivity contribution in [1.82, 2.24) is 4.72 Å². The fourth-order valence-electron chi connectivity index (χ4n) is 1.56. The van der Waals surface area contributed by atoms with Gasteiger partial charge in [-0.3, -0.25) is 0 Å². The van der Waals surface area contributed by atoms with Crippen LogP contribution < -0.4 is 10.5 Å². The van der Waals surface area contributed by atoms with Crippen molar-refractivity contribution in [3.63, 3.8) is 0 Å². The van der Waals surface area contributed by atoms with Crippen LogP contribution in [0.1, 0.15) is 19.8 Å². The third kappa shape index (κ3) is 4.52. The van der Waals surface area contributed by atoms with Gasteiger partial charge in [-0.15, -0.1) is 0 Å². The lowest BCUT2D eigenvalue weighted by molar-refractivity contribution is 0.315. The van der Waals surface area contributed by atoms with Gasteiger partial charge in [-0.25, -0.2) is 13.1 Å².